The molecule has 3 rings (SSSR count). The number of esters is 1. The van der Waals surface area contributed by atoms with E-state index in [0.717, 1.165) is 0 Å². The molecule has 130 valence electrons. The lowest BCUT2D eigenvalue weighted by Crippen LogP contribution is -2.43. The van der Waals surface area contributed by atoms with Gasteiger partial charge in [-0.3, -0.25) is 0 Å². The number of anilines is 1. The highest BCUT2D eigenvalue weighted by molar-refractivity contribution is 6.35. The van der Waals surface area contributed by atoms with Crippen molar-refractivity contribution in [3.8, 4) is 0 Å². The zero-order valence-electron chi connectivity index (χ0n) is 13.4. The first-order chi connectivity index (χ1) is 11.9. The monoisotopic (exact) mass is 378 g/mol. The first kappa shape index (κ1) is 17.7. The Balaban J connectivity index is 2.10. The molecule has 0 saturated heterocycles. The summed E-state index contributed by atoms with van der Waals surface area (Å²) in [6, 6.07) is 14.2. The SMILES string of the molecule is CCOC(=O)C1(O)CN(c2cccc(Cl)c2)C(c2ccccc2Cl)=N1. The summed E-state index contributed by atoms with van der Waals surface area (Å²) >= 11 is 12.4. The van der Waals surface area contributed by atoms with Crippen molar-refractivity contribution in [3.63, 3.8) is 0 Å². The average Bonchev–Trinajstić information content (AvgIpc) is 2.95. The van der Waals surface area contributed by atoms with E-state index in [4.69, 9.17) is 27.9 Å². The molecule has 0 amide bonds. The summed E-state index contributed by atoms with van der Waals surface area (Å²) in [5, 5.41) is 11.7. The molecular formula is C18H16Cl2N2O3. The molecular weight excluding hydrogens is 363 g/mol. The zero-order chi connectivity index (χ0) is 18.0. The summed E-state index contributed by atoms with van der Waals surface area (Å²) in [6.07, 6.45) is 0. The highest BCUT2D eigenvalue weighted by atomic mass is 35.5. The molecule has 1 unspecified atom stereocenters. The largest absolute Gasteiger partial charge is 0.462 e. The van der Waals surface area contributed by atoms with Crippen LogP contribution in [0.3, 0.4) is 0 Å². The van der Waals surface area contributed by atoms with Gasteiger partial charge >= 0.3 is 5.97 Å². The molecule has 0 bridgehead atoms. The molecule has 0 saturated carbocycles. The average molecular weight is 379 g/mol. The summed E-state index contributed by atoms with van der Waals surface area (Å²) in [5.41, 5.74) is -0.719. The number of aliphatic hydroxyl groups is 1. The zero-order valence-corrected chi connectivity index (χ0v) is 15.0. The van der Waals surface area contributed by atoms with Crippen LogP contribution in [0.1, 0.15) is 12.5 Å². The molecule has 0 aromatic heterocycles. The predicted molar refractivity (Wildman–Crippen MR) is 98.4 cm³/mol. The number of nitrogens with zero attached hydrogens (tertiary/aromatic N) is 2. The molecule has 0 radical (unpaired) electrons. The Kier molecular flexibility index (Phi) is 4.99. The van der Waals surface area contributed by atoms with Gasteiger partial charge in [-0.1, -0.05) is 41.4 Å². The van der Waals surface area contributed by atoms with E-state index in [1.807, 2.05) is 12.1 Å². The maximum Gasteiger partial charge on any atom is 0.363 e. The fraction of sp³-hybridized carbons (Fsp3) is 0.222. The maximum atomic E-state index is 12.2. The smallest absolute Gasteiger partial charge is 0.363 e. The van der Waals surface area contributed by atoms with Crippen molar-refractivity contribution in [1.82, 2.24) is 0 Å². The van der Waals surface area contributed by atoms with Gasteiger partial charge < -0.3 is 14.7 Å². The van der Waals surface area contributed by atoms with Crippen molar-refractivity contribution in [1.29, 1.82) is 0 Å². The molecule has 5 nitrogen and oxygen atoms in total. The van der Waals surface area contributed by atoms with Gasteiger partial charge in [0.1, 0.15) is 5.84 Å². The highest BCUT2D eigenvalue weighted by Gasteiger charge is 2.46. The van der Waals surface area contributed by atoms with Gasteiger partial charge in [-0.25, -0.2) is 9.79 Å². The summed E-state index contributed by atoms with van der Waals surface area (Å²) < 4.78 is 4.97. The van der Waals surface area contributed by atoms with Gasteiger partial charge in [0, 0.05) is 16.3 Å². The Morgan fingerprint density at radius 3 is 2.72 bits per heavy atom. The van der Waals surface area contributed by atoms with E-state index in [1.165, 1.54) is 0 Å². The van der Waals surface area contributed by atoms with Crippen molar-refractivity contribution in [3.05, 3.63) is 64.1 Å². The third kappa shape index (κ3) is 3.49. The second-order valence-electron chi connectivity index (χ2n) is 5.52. The second-order valence-corrected chi connectivity index (χ2v) is 6.36. The first-order valence-corrected chi connectivity index (χ1v) is 8.47. The summed E-state index contributed by atoms with van der Waals surface area (Å²) in [5.74, 6) is -0.424. The van der Waals surface area contributed by atoms with Gasteiger partial charge in [0.15, 0.2) is 0 Å². The van der Waals surface area contributed by atoms with Crippen LogP contribution in [0.5, 0.6) is 0 Å². The summed E-state index contributed by atoms with van der Waals surface area (Å²) in [4.78, 5) is 18.2. The van der Waals surface area contributed by atoms with Crippen LogP contribution in [0.2, 0.25) is 10.0 Å². The van der Waals surface area contributed by atoms with E-state index in [1.54, 1.807) is 48.2 Å². The molecule has 1 atom stereocenters. The molecule has 2 aromatic carbocycles. The van der Waals surface area contributed by atoms with Crippen LogP contribution in [0.4, 0.5) is 5.69 Å². The number of carbonyl (C=O) groups is 1. The Hall–Kier alpha value is -2.08. The van der Waals surface area contributed by atoms with Gasteiger partial charge in [0.05, 0.1) is 18.2 Å². The molecule has 1 N–H and O–H groups in total. The highest BCUT2D eigenvalue weighted by Crippen LogP contribution is 2.32. The van der Waals surface area contributed by atoms with Gasteiger partial charge in [-0.15, -0.1) is 0 Å². The first-order valence-electron chi connectivity index (χ1n) is 7.72. The lowest BCUT2D eigenvalue weighted by Gasteiger charge is -2.23. The van der Waals surface area contributed by atoms with Gasteiger partial charge in [0.25, 0.3) is 5.72 Å². The lowest BCUT2D eigenvalue weighted by molar-refractivity contribution is -0.162. The van der Waals surface area contributed by atoms with Gasteiger partial charge in [0.2, 0.25) is 0 Å². The van der Waals surface area contributed by atoms with Crippen LogP contribution in [0.25, 0.3) is 0 Å². The van der Waals surface area contributed by atoms with E-state index in [-0.39, 0.29) is 13.2 Å². The number of hydrogen-bond donors (Lipinski definition) is 1. The predicted octanol–water partition coefficient (Wildman–Crippen LogP) is 3.51. The summed E-state index contributed by atoms with van der Waals surface area (Å²) in [7, 11) is 0. The minimum absolute atomic E-state index is 0.0905. The Bertz CT molecular complexity index is 841. The van der Waals surface area contributed by atoms with E-state index < -0.39 is 11.7 Å². The number of β-amino-alcohol motifs (C(OH)–C–C–N with tert-alkyl or cyclic N) is 1. The number of ether oxygens (including phenoxy) is 1. The summed E-state index contributed by atoms with van der Waals surface area (Å²) in [6.45, 7) is 1.73. The number of carbonyl (C=O) groups excluding carboxylic acids is 1. The van der Waals surface area contributed by atoms with Gasteiger partial charge in [-0.2, -0.15) is 0 Å². The lowest BCUT2D eigenvalue weighted by atomic mass is 10.1. The maximum absolute atomic E-state index is 12.2. The number of hydrogen-bond acceptors (Lipinski definition) is 5. The fourth-order valence-electron chi connectivity index (χ4n) is 2.63. The Morgan fingerprint density at radius 1 is 1.28 bits per heavy atom. The topological polar surface area (TPSA) is 62.1 Å². The molecule has 25 heavy (non-hydrogen) atoms. The number of aliphatic imine (C=N–C) groups is 1. The molecule has 1 heterocycles. The van der Waals surface area contributed by atoms with E-state index >= 15 is 0 Å². The van der Waals surface area contributed by atoms with E-state index in [9.17, 15) is 9.90 Å². The molecule has 1 aliphatic heterocycles. The van der Waals surface area contributed by atoms with E-state index in [2.05, 4.69) is 4.99 Å². The van der Waals surface area contributed by atoms with Crippen molar-refractivity contribution >= 4 is 40.7 Å². The van der Waals surface area contributed by atoms with E-state index in [0.29, 0.717) is 27.1 Å². The minimum atomic E-state index is -2.01. The van der Waals surface area contributed by atoms with Crippen LogP contribution in [0.15, 0.2) is 53.5 Å². The minimum Gasteiger partial charge on any atom is -0.462 e. The third-order valence-corrected chi connectivity index (χ3v) is 4.33. The standard InChI is InChI=1S/C18H16Cl2N2O3/c1-2-25-17(23)18(24)11-22(13-7-5-6-12(19)10-13)16(21-18)14-8-3-4-9-15(14)20/h3-10,24H,2,11H2,1H3. The van der Waals surface area contributed by atoms with Crippen molar-refractivity contribution < 1.29 is 14.6 Å². The van der Waals surface area contributed by atoms with Crippen molar-refractivity contribution in [2.45, 2.75) is 12.6 Å². The van der Waals surface area contributed by atoms with Crippen LogP contribution in [0, 0.1) is 0 Å². The van der Waals surface area contributed by atoms with Crippen LogP contribution >= 0.6 is 23.2 Å². The number of amidine groups is 1. The fourth-order valence-corrected chi connectivity index (χ4v) is 3.03. The molecule has 0 fully saturated rings. The normalized spacial score (nSPS) is 19.7. The molecule has 0 spiro atoms. The number of halogens is 2. The molecule has 7 heteroatoms. The molecule has 2 aromatic rings. The quantitative estimate of drug-likeness (QED) is 0.826. The number of rotatable bonds is 4. The third-order valence-electron chi connectivity index (χ3n) is 3.76. The molecule has 1 aliphatic rings. The Morgan fingerprint density at radius 2 is 2.04 bits per heavy atom. The Labute approximate surface area is 155 Å². The van der Waals surface area contributed by atoms with Crippen LogP contribution in [-0.4, -0.2) is 35.8 Å². The second kappa shape index (κ2) is 7.04. The van der Waals surface area contributed by atoms with Gasteiger partial charge in [-0.05, 0) is 37.3 Å². The van der Waals surface area contributed by atoms with Crippen LogP contribution in [-0.2, 0) is 9.53 Å². The molecule has 0 aliphatic carbocycles. The van der Waals surface area contributed by atoms with Crippen LogP contribution < -0.4 is 4.90 Å². The number of benzene rings is 2. The van der Waals surface area contributed by atoms with Crippen molar-refractivity contribution in [2.75, 3.05) is 18.1 Å². The van der Waals surface area contributed by atoms with Crippen molar-refractivity contribution in [2.24, 2.45) is 4.99 Å².